The van der Waals surface area contributed by atoms with Gasteiger partial charge in [0.25, 0.3) is 0 Å². The third kappa shape index (κ3) is 2.09. The molecule has 1 aromatic rings. The van der Waals surface area contributed by atoms with E-state index in [0.29, 0.717) is 13.0 Å². The zero-order chi connectivity index (χ0) is 11.5. The minimum Gasteiger partial charge on any atom is -0.466 e. The zero-order valence-corrected chi connectivity index (χ0v) is 9.48. The Bertz CT molecular complexity index is 389. The molecule has 2 N–H and O–H groups in total. The van der Waals surface area contributed by atoms with Crippen LogP contribution < -0.4 is 5.73 Å². The number of carbonyl (C=O) groups excluding carboxylic acids is 1. The van der Waals surface area contributed by atoms with Gasteiger partial charge in [0.2, 0.25) is 0 Å². The fourth-order valence-corrected chi connectivity index (χ4v) is 2.37. The summed E-state index contributed by atoms with van der Waals surface area (Å²) in [5.41, 5.74) is 8.54. The lowest BCUT2D eigenvalue weighted by molar-refractivity contribution is -0.143. The van der Waals surface area contributed by atoms with Gasteiger partial charge in [-0.3, -0.25) is 4.79 Å². The number of benzene rings is 1. The van der Waals surface area contributed by atoms with Crippen molar-refractivity contribution >= 4 is 5.97 Å². The van der Waals surface area contributed by atoms with Crippen LogP contribution in [0.4, 0.5) is 0 Å². The van der Waals surface area contributed by atoms with Crippen molar-refractivity contribution < 1.29 is 9.53 Å². The second kappa shape index (κ2) is 4.66. The van der Waals surface area contributed by atoms with Crippen molar-refractivity contribution in [3.63, 3.8) is 0 Å². The van der Waals surface area contributed by atoms with Crippen molar-refractivity contribution in [2.45, 2.75) is 31.7 Å². The van der Waals surface area contributed by atoms with E-state index in [1.807, 2.05) is 19.1 Å². The second-order valence-corrected chi connectivity index (χ2v) is 4.18. The molecule has 0 heterocycles. The minimum atomic E-state index is -0.153. The molecule has 0 amide bonds. The predicted octanol–water partition coefficient (Wildman–Crippen LogP) is 1.61. The summed E-state index contributed by atoms with van der Waals surface area (Å²) in [6.45, 7) is 2.25. The molecule has 0 saturated carbocycles. The van der Waals surface area contributed by atoms with Crippen molar-refractivity contribution in [3.8, 4) is 0 Å². The molecular formula is C13H17NO2. The molecule has 3 nitrogen and oxygen atoms in total. The quantitative estimate of drug-likeness (QED) is 0.786. The number of nitrogens with two attached hydrogens (primary N) is 1. The highest BCUT2D eigenvalue weighted by Gasteiger charge is 2.31. The highest BCUT2D eigenvalue weighted by molar-refractivity contribution is 5.71. The third-order valence-corrected chi connectivity index (χ3v) is 3.12. The van der Waals surface area contributed by atoms with Gasteiger partial charge < -0.3 is 10.5 Å². The van der Waals surface area contributed by atoms with Gasteiger partial charge in [-0.05, 0) is 24.5 Å². The lowest BCUT2D eigenvalue weighted by atomic mass is 9.95. The van der Waals surface area contributed by atoms with Crippen LogP contribution in [0, 0.1) is 0 Å². The summed E-state index contributed by atoms with van der Waals surface area (Å²) >= 11 is 0. The van der Waals surface area contributed by atoms with E-state index in [0.717, 1.165) is 6.42 Å². The monoisotopic (exact) mass is 219 g/mol. The highest BCUT2D eigenvalue weighted by Crippen LogP contribution is 2.34. The van der Waals surface area contributed by atoms with E-state index in [2.05, 4.69) is 12.1 Å². The summed E-state index contributed by atoms with van der Waals surface area (Å²) in [7, 11) is 0. The van der Waals surface area contributed by atoms with Crippen LogP contribution in [0.5, 0.6) is 0 Å². The van der Waals surface area contributed by atoms with Gasteiger partial charge in [0.05, 0.1) is 13.0 Å². The van der Waals surface area contributed by atoms with Crippen LogP contribution >= 0.6 is 0 Å². The van der Waals surface area contributed by atoms with E-state index in [1.165, 1.54) is 11.1 Å². The summed E-state index contributed by atoms with van der Waals surface area (Å²) in [5, 5.41) is 0. The molecule has 1 aliphatic carbocycles. The number of fused-ring (bicyclic) bond motifs is 1. The Morgan fingerprint density at radius 2 is 2.25 bits per heavy atom. The zero-order valence-electron chi connectivity index (χ0n) is 9.48. The lowest BCUT2D eigenvalue weighted by Crippen LogP contribution is -2.27. The molecule has 2 rings (SSSR count). The Balaban J connectivity index is 2.13. The average Bonchev–Trinajstić information content (AvgIpc) is 2.56. The van der Waals surface area contributed by atoms with E-state index >= 15 is 0 Å². The summed E-state index contributed by atoms with van der Waals surface area (Å²) in [5.74, 6) is -0.0325. The number of ether oxygens (including phenoxy) is 1. The van der Waals surface area contributed by atoms with E-state index in [-0.39, 0.29) is 17.9 Å². The predicted molar refractivity (Wildman–Crippen MR) is 62.1 cm³/mol. The summed E-state index contributed by atoms with van der Waals surface area (Å²) < 4.78 is 4.97. The van der Waals surface area contributed by atoms with Crippen molar-refractivity contribution in [3.05, 3.63) is 35.4 Å². The summed E-state index contributed by atoms with van der Waals surface area (Å²) in [6, 6.07) is 8.20. The Kier molecular flexibility index (Phi) is 3.25. The molecule has 0 aromatic heterocycles. The normalized spacial score (nSPS) is 22.9. The van der Waals surface area contributed by atoms with E-state index in [4.69, 9.17) is 10.5 Å². The van der Waals surface area contributed by atoms with Crippen LogP contribution in [0.3, 0.4) is 0 Å². The number of hydrogen-bond acceptors (Lipinski definition) is 3. The molecule has 2 atom stereocenters. The van der Waals surface area contributed by atoms with Crippen molar-refractivity contribution in [1.82, 2.24) is 0 Å². The molecule has 0 bridgehead atoms. The number of rotatable bonds is 3. The lowest BCUT2D eigenvalue weighted by Gasteiger charge is -2.15. The number of esters is 1. The Morgan fingerprint density at radius 1 is 1.50 bits per heavy atom. The van der Waals surface area contributed by atoms with E-state index < -0.39 is 0 Å². The molecule has 2 unspecified atom stereocenters. The van der Waals surface area contributed by atoms with Crippen LogP contribution in [0.2, 0.25) is 0 Å². The first-order valence-corrected chi connectivity index (χ1v) is 5.71. The first-order valence-electron chi connectivity index (χ1n) is 5.71. The topological polar surface area (TPSA) is 52.3 Å². The van der Waals surface area contributed by atoms with Gasteiger partial charge in [-0.2, -0.15) is 0 Å². The molecule has 0 aliphatic heterocycles. The molecule has 0 saturated heterocycles. The smallest absolute Gasteiger partial charge is 0.306 e. The Hall–Kier alpha value is -1.35. The number of hydrogen-bond donors (Lipinski definition) is 1. The van der Waals surface area contributed by atoms with Crippen LogP contribution in [-0.4, -0.2) is 18.6 Å². The average molecular weight is 219 g/mol. The van der Waals surface area contributed by atoms with Crippen LogP contribution in [0.15, 0.2) is 24.3 Å². The van der Waals surface area contributed by atoms with Gasteiger partial charge >= 0.3 is 5.97 Å². The fraction of sp³-hybridized carbons (Fsp3) is 0.462. The molecule has 1 aromatic carbocycles. The van der Waals surface area contributed by atoms with Crippen molar-refractivity contribution in [2.24, 2.45) is 5.73 Å². The van der Waals surface area contributed by atoms with Gasteiger partial charge in [0.1, 0.15) is 0 Å². The molecule has 86 valence electrons. The van der Waals surface area contributed by atoms with Gasteiger partial charge in [-0.25, -0.2) is 0 Å². The maximum Gasteiger partial charge on any atom is 0.306 e. The molecule has 3 heteroatoms. The Labute approximate surface area is 95.6 Å². The van der Waals surface area contributed by atoms with Gasteiger partial charge in [0.15, 0.2) is 0 Å². The fourth-order valence-electron chi connectivity index (χ4n) is 2.37. The second-order valence-electron chi connectivity index (χ2n) is 4.18. The maximum atomic E-state index is 11.5. The molecule has 0 fully saturated rings. The van der Waals surface area contributed by atoms with Crippen LogP contribution in [0.1, 0.15) is 30.4 Å². The first kappa shape index (κ1) is 11.1. The standard InChI is InChI=1S/C13H17NO2/c1-2-16-13(15)8-11-10-6-4-3-5-9(10)7-12(11)14/h3-6,11-12H,2,7-8,14H2,1H3. The third-order valence-electron chi connectivity index (χ3n) is 3.12. The summed E-state index contributed by atoms with van der Waals surface area (Å²) in [6.07, 6.45) is 1.26. The van der Waals surface area contributed by atoms with Gasteiger partial charge in [-0.1, -0.05) is 24.3 Å². The molecule has 0 spiro atoms. The SMILES string of the molecule is CCOC(=O)CC1c2ccccc2CC1N. The van der Waals surface area contributed by atoms with Gasteiger partial charge in [-0.15, -0.1) is 0 Å². The molecule has 0 radical (unpaired) electrons. The molecule has 1 aliphatic rings. The van der Waals surface area contributed by atoms with Crippen LogP contribution in [-0.2, 0) is 16.0 Å². The summed E-state index contributed by atoms with van der Waals surface area (Å²) in [4.78, 5) is 11.5. The molecular weight excluding hydrogens is 202 g/mol. The largest absolute Gasteiger partial charge is 0.466 e. The van der Waals surface area contributed by atoms with Gasteiger partial charge in [0, 0.05) is 12.0 Å². The van der Waals surface area contributed by atoms with Crippen LogP contribution in [0.25, 0.3) is 0 Å². The van der Waals surface area contributed by atoms with E-state index in [1.54, 1.807) is 0 Å². The first-order chi connectivity index (χ1) is 7.72. The van der Waals surface area contributed by atoms with Crippen molar-refractivity contribution in [2.75, 3.05) is 6.61 Å². The number of carbonyl (C=O) groups is 1. The molecule has 16 heavy (non-hydrogen) atoms. The van der Waals surface area contributed by atoms with E-state index in [9.17, 15) is 4.79 Å². The maximum absolute atomic E-state index is 11.5. The van der Waals surface area contributed by atoms with Crippen molar-refractivity contribution in [1.29, 1.82) is 0 Å². The minimum absolute atomic E-state index is 0.0433. The highest BCUT2D eigenvalue weighted by atomic mass is 16.5. The Morgan fingerprint density at radius 3 is 3.00 bits per heavy atom.